The van der Waals surface area contributed by atoms with Gasteiger partial charge in [0.15, 0.2) is 10.9 Å². The highest BCUT2D eigenvalue weighted by molar-refractivity contribution is 7.22. The lowest BCUT2D eigenvalue weighted by Crippen LogP contribution is -2.47. The van der Waals surface area contributed by atoms with Gasteiger partial charge in [0.05, 0.1) is 27.9 Å². The molecule has 1 saturated carbocycles. The van der Waals surface area contributed by atoms with Gasteiger partial charge in [-0.05, 0) is 56.3 Å². The summed E-state index contributed by atoms with van der Waals surface area (Å²) in [6, 6.07) is 2.56. The van der Waals surface area contributed by atoms with Crippen LogP contribution in [-0.2, 0) is 10.9 Å². The SMILES string of the molecule is Nc1nc2c(-c3c(C(F)(F)F)cc4c(N5CCC6(CC5)CN(CC5CC5)C(=O)O6)nc(OC[C@@]56CCCN5C[C@H](F)C6)nc4c3F)ccc(F)c2s1. The maximum atomic E-state index is 17.0. The number of carbonyl (C=O) groups excluding carboxylic acids is 1. The number of nitrogens with zero attached hydrogens (tertiary/aromatic N) is 6. The first-order valence-electron chi connectivity index (χ1n) is 17.5. The summed E-state index contributed by atoms with van der Waals surface area (Å²) >= 11 is 0.744. The van der Waals surface area contributed by atoms with Crippen molar-refractivity contribution in [3.63, 3.8) is 0 Å². The van der Waals surface area contributed by atoms with Gasteiger partial charge < -0.3 is 25.0 Å². The van der Waals surface area contributed by atoms with Crippen molar-refractivity contribution in [1.29, 1.82) is 0 Å². The average molecular weight is 748 g/mol. The molecular weight excluding hydrogens is 712 g/mol. The number of amides is 1. The largest absolute Gasteiger partial charge is 0.461 e. The summed E-state index contributed by atoms with van der Waals surface area (Å²) in [5.74, 6) is -1.55. The molecular formula is C35H35F6N7O3S. The monoisotopic (exact) mass is 747 g/mol. The molecule has 5 aliphatic rings. The molecule has 4 saturated heterocycles. The van der Waals surface area contributed by atoms with Crippen LogP contribution >= 0.6 is 11.3 Å². The Hall–Kier alpha value is -4.12. The van der Waals surface area contributed by atoms with Gasteiger partial charge in [-0.3, -0.25) is 4.90 Å². The Balaban J connectivity index is 1.14. The van der Waals surface area contributed by atoms with Crippen LogP contribution in [0.15, 0.2) is 18.2 Å². The zero-order valence-corrected chi connectivity index (χ0v) is 28.8. The number of nitrogens with two attached hydrogens (primary N) is 1. The molecule has 2 atom stereocenters. The number of thiazole rings is 1. The van der Waals surface area contributed by atoms with Gasteiger partial charge in [0.1, 0.15) is 35.5 Å². The van der Waals surface area contributed by atoms with Crippen LogP contribution in [0.1, 0.15) is 50.5 Å². The van der Waals surface area contributed by atoms with Gasteiger partial charge in [0.2, 0.25) is 0 Å². The Morgan fingerprint density at radius 3 is 2.60 bits per heavy atom. The van der Waals surface area contributed by atoms with Gasteiger partial charge in [-0.25, -0.2) is 22.9 Å². The van der Waals surface area contributed by atoms with E-state index < -0.39 is 51.8 Å². The molecule has 2 N–H and O–H groups in total. The number of fused-ring (bicyclic) bond motifs is 3. The molecule has 0 unspecified atom stereocenters. The molecule has 1 spiro atoms. The van der Waals surface area contributed by atoms with Crippen LogP contribution in [0.3, 0.4) is 0 Å². The molecule has 1 aliphatic carbocycles. The van der Waals surface area contributed by atoms with Crippen molar-refractivity contribution in [2.75, 3.05) is 56.5 Å². The highest BCUT2D eigenvalue weighted by Gasteiger charge is 2.50. The van der Waals surface area contributed by atoms with Crippen LogP contribution in [-0.4, -0.2) is 94.0 Å². The molecule has 0 bridgehead atoms. The van der Waals surface area contributed by atoms with Crippen LogP contribution in [0.2, 0.25) is 0 Å². The molecule has 10 nitrogen and oxygen atoms in total. The summed E-state index contributed by atoms with van der Waals surface area (Å²) in [4.78, 5) is 31.2. The maximum absolute atomic E-state index is 17.0. The lowest BCUT2D eigenvalue weighted by molar-refractivity contribution is -0.137. The van der Waals surface area contributed by atoms with E-state index in [9.17, 15) is 26.7 Å². The second-order valence-corrected chi connectivity index (χ2v) is 15.9. The molecule has 9 rings (SSSR count). The van der Waals surface area contributed by atoms with Crippen molar-refractivity contribution in [1.82, 2.24) is 24.8 Å². The minimum Gasteiger partial charge on any atom is -0.461 e. The quantitative estimate of drug-likeness (QED) is 0.201. The van der Waals surface area contributed by atoms with Gasteiger partial charge in [0.25, 0.3) is 0 Å². The number of ether oxygens (including phenoxy) is 2. The third-order valence-electron chi connectivity index (χ3n) is 11.4. The van der Waals surface area contributed by atoms with Crippen LogP contribution < -0.4 is 15.4 Å². The summed E-state index contributed by atoms with van der Waals surface area (Å²) in [5.41, 5.74) is 1.38. The Labute approximate surface area is 297 Å². The number of hydrogen-bond donors (Lipinski definition) is 1. The van der Waals surface area contributed by atoms with Gasteiger partial charge in [0, 0.05) is 62.0 Å². The number of anilines is 2. The molecule has 0 radical (unpaired) electrons. The fourth-order valence-electron chi connectivity index (χ4n) is 8.66. The molecule has 6 heterocycles. The summed E-state index contributed by atoms with van der Waals surface area (Å²) < 4.78 is 103. The number of halogens is 6. The van der Waals surface area contributed by atoms with E-state index in [-0.39, 0.29) is 76.9 Å². The Morgan fingerprint density at radius 2 is 1.85 bits per heavy atom. The van der Waals surface area contributed by atoms with Crippen LogP contribution in [0.5, 0.6) is 6.01 Å². The van der Waals surface area contributed by atoms with Crippen molar-refractivity contribution < 1.29 is 40.6 Å². The Bertz CT molecular complexity index is 2100. The number of carbonyl (C=O) groups is 1. The average Bonchev–Trinajstić information content (AvgIpc) is 3.39. The van der Waals surface area contributed by atoms with Gasteiger partial charge in [-0.1, -0.05) is 11.3 Å². The summed E-state index contributed by atoms with van der Waals surface area (Å²) in [6.07, 6.45) is -1.76. The minimum absolute atomic E-state index is 0.0139. The molecule has 4 aromatic rings. The number of nitrogen functional groups attached to an aromatic ring is 1. The van der Waals surface area contributed by atoms with Gasteiger partial charge in [-0.2, -0.15) is 23.1 Å². The molecule has 4 aliphatic heterocycles. The fraction of sp³-hybridized carbons (Fsp3) is 0.543. The van der Waals surface area contributed by atoms with Crippen molar-refractivity contribution in [3.05, 3.63) is 35.4 Å². The molecule has 17 heteroatoms. The van der Waals surface area contributed by atoms with Crippen molar-refractivity contribution in [2.24, 2.45) is 5.92 Å². The molecule has 276 valence electrons. The lowest BCUT2D eigenvalue weighted by Gasteiger charge is -2.38. The van der Waals surface area contributed by atoms with E-state index in [0.29, 0.717) is 44.8 Å². The predicted octanol–water partition coefficient (Wildman–Crippen LogP) is 6.94. The highest BCUT2D eigenvalue weighted by atomic mass is 32.1. The van der Waals surface area contributed by atoms with E-state index in [4.69, 9.17) is 15.2 Å². The van der Waals surface area contributed by atoms with Crippen molar-refractivity contribution in [2.45, 2.75) is 68.4 Å². The third kappa shape index (κ3) is 5.65. The maximum Gasteiger partial charge on any atom is 0.417 e. The van der Waals surface area contributed by atoms with Crippen molar-refractivity contribution in [3.8, 4) is 17.1 Å². The molecule has 5 fully saturated rings. The van der Waals surface area contributed by atoms with E-state index >= 15 is 4.39 Å². The van der Waals surface area contributed by atoms with Gasteiger partial charge in [-0.15, -0.1) is 0 Å². The fourth-order valence-corrected chi connectivity index (χ4v) is 9.42. The highest BCUT2D eigenvalue weighted by Crippen LogP contribution is 2.47. The first kappa shape index (κ1) is 33.7. The van der Waals surface area contributed by atoms with Crippen LogP contribution in [0.25, 0.3) is 32.2 Å². The summed E-state index contributed by atoms with van der Waals surface area (Å²) in [7, 11) is 0. The molecule has 52 heavy (non-hydrogen) atoms. The Morgan fingerprint density at radius 1 is 1.06 bits per heavy atom. The second kappa shape index (κ2) is 11.9. The zero-order valence-electron chi connectivity index (χ0n) is 27.9. The Kier molecular flexibility index (Phi) is 7.74. The van der Waals surface area contributed by atoms with Crippen molar-refractivity contribution >= 4 is 49.5 Å². The second-order valence-electron chi connectivity index (χ2n) is 14.9. The first-order valence-corrected chi connectivity index (χ1v) is 18.3. The number of benzene rings is 2. The van der Waals surface area contributed by atoms with Crippen LogP contribution in [0, 0.1) is 17.6 Å². The van der Waals surface area contributed by atoms with E-state index in [1.165, 1.54) is 0 Å². The summed E-state index contributed by atoms with van der Waals surface area (Å²) in [6.45, 7) is 2.55. The minimum atomic E-state index is -5.05. The molecule has 2 aromatic heterocycles. The van der Waals surface area contributed by atoms with E-state index in [1.807, 2.05) is 4.90 Å². The molecule has 2 aromatic carbocycles. The molecule has 1 amide bonds. The van der Waals surface area contributed by atoms with E-state index in [0.717, 1.165) is 48.8 Å². The number of hydrogen-bond acceptors (Lipinski definition) is 10. The number of rotatable bonds is 7. The summed E-state index contributed by atoms with van der Waals surface area (Å²) in [5, 5.41) is -0.289. The third-order valence-corrected chi connectivity index (χ3v) is 12.3. The predicted molar refractivity (Wildman–Crippen MR) is 181 cm³/mol. The van der Waals surface area contributed by atoms with E-state index in [1.54, 1.807) is 9.80 Å². The normalized spacial score (nSPS) is 24.8. The topological polar surface area (TPSA) is 110 Å². The van der Waals surface area contributed by atoms with E-state index in [2.05, 4.69) is 15.0 Å². The first-order chi connectivity index (χ1) is 24.8. The standard InChI is InChI=1S/C35H35F6N7O3S/c36-19-13-33(6-1-9-48(33)15-19)17-50-31-44-26-21(29(45-31)46-10-7-34(8-11-46)16-47(32(49)51-34)14-18-2-3-18)12-22(35(39,40)41)24(25(26)38)20-4-5-23(37)28-27(20)43-30(42)52-28/h4-5,12,18-19H,1-3,6-11,13-17H2,(H2,42,43)/t19-,33+/m1/s1. The number of aromatic nitrogens is 3. The smallest absolute Gasteiger partial charge is 0.417 e. The number of piperidine rings is 1. The zero-order chi connectivity index (χ0) is 36.2. The lowest BCUT2D eigenvalue weighted by atomic mass is 9.90. The van der Waals surface area contributed by atoms with Gasteiger partial charge >= 0.3 is 18.3 Å². The van der Waals surface area contributed by atoms with Crippen LogP contribution in [0.4, 0.5) is 42.1 Å². The number of alkyl halides is 4.